The van der Waals surface area contributed by atoms with E-state index in [-0.39, 0.29) is 23.4 Å². The first-order chi connectivity index (χ1) is 9.28. The van der Waals surface area contributed by atoms with Gasteiger partial charge < -0.3 is 4.74 Å². The standard InChI is InChI=1S/C13H19Cl2NO3S/c1-10(2)19-7-6-16(3)20(17,18)12-5-4-11(9-14)13(15)8-12/h4-5,8,10H,6-7,9H2,1-3H3. The zero-order valence-corrected chi connectivity index (χ0v) is 14.1. The Kier molecular flexibility index (Phi) is 6.75. The van der Waals surface area contributed by atoms with Crippen LogP contribution < -0.4 is 0 Å². The predicted octanol–water partition coefficient (Wildman–Crippen LogP) is 3.12. The highest BCUT2D eigenvalue weighted by Crippen LogP contribution is 2.23. The highest BCUT2D eigenvalue weighted by atomic mass is 35.5. The van der Waals surface area contributed by atoms with Crippen LogP contribution in [0.25, 0.3) is 0 Å². The zero-order chi connectivity index (χ0) is 15.3. The van der Waals surface area contributed by atoms with E-state index in [1.54, 1.807) is 6.07 Å². The van der Waals surface area contributed by atoms with Crippen molar-refractivity contribution >= 4 is 33.2 Å². The van der Waals surface area contributed by atoms with Crippen LogP contribution in [-0.4, -0.2) is 39.0 Å². The summed E-state index contributed by atoms with van der Waals surface area (Å²) < 4.78 is 31.3. The number of hydrogen-bond acceptors (Lipinski definition) is 3. The van der Waals surface area contributed by atoms with E-state index < -0.39 is 10.0 Å². The molecule has 114 valence electrons. The molecule has 0 saturated carbocycles. The average Bonchev–Trinajstić information content (AvgIpc) is 2.37. The fourth-order valence-electron chi connectivity index (χ4n) is 1.51. The second kappa shape index (κ2) is 7.61. The minimum Gasteiger partial charge on any atom is -0.377 e. The molecule has 0 aliphatic heterocycles. The van der Waals surface area contributed by atoms with Gasteiger partial charge in [0.05, 0.1) is 17.6 Å². The summed E-state index contributed by atoms with van der Waals surface area (Å²) in [6, 6.07) is 4.56. The van der Waals surface area contributed by atoms with Gasteiger partial charge in [0.1, 0.15) is 0 Å². The molecule has 0 fully saturated rings. The zero-order valence-electron chi connectivity index (χ0n) is 11.8. The Hall–Kier alpha value is -0.330. The fourth-order valence-corrected chi connectivity index (χ4v) is 3.31. The van der Waals surface area contributed by atoms with E-state index in [0.29, 0.717) is 17.2 Å². The molecule has 0 saturated heterocycles. The van der Waals surface area contributed by atoms with Gasteiger partial charge in [0.15, 0.2) is 0 Å². The summed E-state index contributed by atoms with van der Waals surface area (Å²) in [5, 5.41) is 0.355. The number of hydrogen-bond donors (Lipinski definition) is 0. The van der Waals surface area contributed by atoms with Crippen LogP contribution in [0, 0.1) is 0 Å². The molecule has 20 heavy (non-hydrogen) atoms. The first-order valence-electron chi connectivity index (χ1n) is 6.21. The van der Waals surface area contributed by atoms with Gasteiger partial charge >= 0.3 is 0 Å². The Morgan fingerprint density at radius 2 is 2.00 bits per heavy atom. The Labute approximate surface area is 130 Å². The van der Waals surface area contributed by atoms with Crippen LogP contribution >= 0.6 is 23.2 Å². The summed E-state index contributed by atoms with van der Waals surface area (Å²) in [4.78, 5) is 0.156. The van der Waals surface area contributed by atoms with Gasteiger partial charge in [-0.05, 0) is 31.5 Å². The second-order valence-electron chi connectivity index (χ2n) is 4.63. The molecule has 0 aliphatic carbocycles. The van der Waals surface area contributed by atoms with Gasteiger partial charge in [-0.1, -0.05) is 17.7 Å². The van der Waals surface area contributed by atoms with Crippen molar-refractivity contribution in [3.8, 4) is 0 Å². The van der Waals surface area contributed by atoms with E-state index in [9.17, 15) is 8.42 Å². The summed E-state index contributed by atoms with van der Waals surface area (Å²) in [6.45, 7) is 4.44. The number of halogens is 2. The van der Waals surface area contributed by atoms with Crippen molar-refractivity contribution in [2.24, 2.45) is 0 Å². The van der Waals surface area contributed by atoms with Gasteiger partial charge in [-0.3, -0.25) is 0 Å². The van der Waals surface area contributed by atoms with E-state index in [1.807, 2.05) is 13.8 Å². The van der Waals surface area contributed by atoms with E-state index in [0.717, 1.165) is 0 Å². The van der Waals surface area contributed by atoms with Crippen LogP contribution in [0.1, 0.15) is 19.4 Å². The maximum Gasteiger partial charge on any atom is 0.242 e. The number of ether oxygens (including phenoxy) is 1. The summed E-state index contributed by atoms with van der Waals surface area (Å²) in [7, 11) is -2.04. The number of rotatable bonds is 7. The van der Waals surface area contributed by atoms with Crippen LogP contribution in [-0.2, 0) is 20.6 Å². The third kappa shape index (κ3) is 4.60. The summed E-state index contributed by atoms with van der Waals surface area (Å²) in [5.41, 5.74) is 0.707. The monoisotopic (exact) mass is 339 g/mol. The van der Waals surface area contributed by atoms with Crippen LogP contribution in [0.3, 0.4) is 0 Å². The maximum atomic E-state index is 12.3. The third-order valence-electron chi connectivity index (χ3n) is 2.73. The van der Waals surface area contributed by atoms with Crippen LogP contribution in [0.4, 0.5) is 0 Å². The maximum absolute atomic E-state index is 12.3. The predicted molar refractivity (Wildman–Crippen MR) is 81.9 cm³/mol. The molecule has 1 rings (SSSR count). The molecule has 0 aliphatic rings. The minimum atomic E-state index is -3.56. The number of likely N-dealkylation sites (N-methyl/N-ethyl adjacent to an activating group) is 1. The van der Waals surface area contributed by atoms with E-state index in [4.69, 9.17) is 27.9 Å². The number of benzene rings is 1. The van der Waals surface area contributed by atoms with Gasteiger partial charge in [0.2, 0.25) is 10.0 Å². The number of alkyl halides is 1. The van der Waals surface area contributed by atoms with E-state index in [1.165, 1.54) is 23.5 Å². The lowest BCUT2D eigenvalue weighted by Gasteiger charge is -2.18. The Balaban J connectivity index is 2.84. The molecule has 7 heteroatoms. The normalized spacial score (nSPS) is 12.3. The Morgan fingerprint density at radius 1 is 1.35 bits per heavy atom. The number of nitrogens with zero attached hydrogens (tertiary/aromatic N) is 1. The molecule has 0 amide bonds. The molecule has 1 aromatic carbocycles. The SMILES string of the molecule is CC(C)OCCN(C)S(=O)(=O)c1ccc(CCl)c(Cl)c1. The molecule has 0 spiro atoms. The molecule has 1 aromatic rings. The summed E-state index contributed by atoms with van der Waals surface area (Å²) in [6.07, 6.45) is 0.0727. The molecule has 0 aromatic heterocycles. The topological polar surface area (TPSA) is 46.6 Å². The van der Waals surface area contributed by atoms with Gasteiger partial charge in [-0.2, -0.15) is 4.31 Å². The van der Waals surface area contributed by atoms with Gasteiger partial charge in [0.25, 0.3) is 0 Å². The highest BCUT2D eigenvalue weighted by molar-refractivity contribution is 7.89. The smallest absolute Gasteiger partial charge is 0.242 e. The van der Waals surface area contributed by atoms with Crippen molar-refractivity contribution < 1.29 is 13.2 Å². The van der Waals surface area contributed by atoms with Gasteiger partial charge in [-0.15, -0.1) is 11.6 Å². The molecular formula is C13H19Cl2NO3S. The average molecular weight is 340 g/mol. The quantitative estimate of drug-likeness (QED) is 0.717. The lowest BCUT2D eigenvalue weighted by atomic mass is 10.2. The largest absolute Gasteiger partial charge is 0.377 e. The van der Waals surface area contributed by atoms with Crippen LogP contribution in [0.5, 0.6) is 0 Å². The highest BCUT2D eigenvalue weighted by Gasteiger charge is 2.21. The van der Waals surface area contributed by atoms with Crippen LogP contribution in [0.2, 0.25) is 5.02 Å². The molecule has 0 atom stereocenters. The first-order valence-corrected chi connectivity index (χ1v) is 8.56. The molecule has 0 unspecified atom stereocenters. The summed E-state index contributed by atoms with van der Waals surface area (Å²) in [5.74, 6) is 0.247. The second-order valence-corrected chi connectivity index (χ2v) is 7.35. The van der Waals surface area contributed by atoms with Crippen LogP contribution in [0.15, 0.2) is 23.1 Å². The fraction of sp³-hybridized carbons (Fsp3) is 0.538. The van der Waals surface area contributed by atoms with Crippen molar-refractivity contribution in [1.82, 2.24) is 4.31 Å². The Morgan fingerprint density at radius 3 is 2.50 bits per heavy atom. The van der Waals surface area contributed by atoms with Gasteiger partial charge in [-0.25, -0.2) is 8.42 Å². The number of sulfonamides is 1. The first kappa shape index (κ1) is 17.7. The molecule has 4 nitrogen and oxygen atoms in total. The summed E-state index contributed by atoms with van der Waals surface area (Å²) >= 11 is 11.7. The van der Waals surface area contributed by atoms with Crippen molar-refractivity contribution in [3.63, 3.8) is 0 Å². The molecule has 0 heterocycles. The van der Waals surface area contributed by atoms with Crippen molar-refractivity contribution in [3.05, 3.63) is 28.8 Å². The van der Waals surface area contributed by atoms with Crippen molar-refractivity contribution in [2.45, 2.75) is 30.7 Å². The lowest BCUT2D eigenvalue weighted by Crippen LogP contribution is -2.31. The van der Waals surface area contributed by atoms with Crippen molar-refractivity contribution in [2.75, 3.05) is 20.2 Å². The van der Waals surface area contributed by atoms with Crippen molar-refractivity contribution in [1.29, 1.82) is 0 Å². The van der Waals surface area contributed by atoms with E-state index >= 15 is 0 Å². The molecular weight excluding hydrogens is 321 g/mol. The Bertz CT molecular complexity index is 547. The van der Waals surface area contributed by atoms with Gasteiger partial charge in [0, 0.05) is 24.5 Å². The molecule has 0 bridgehead atoms. The minimum absolute atomic E-state index is 0.0727. The van der Waals surface area contributed by atoms with E-state index in [2.05, 4.69) is 0 Å². The molecule has 0 radical (unpaired) electrons. The third-order valence-corrected chi connectivity index (χ3v) is 5.23. The lowest BCUT2D eigenvalue weighted by molar-refractivity contribution is 0.0737. The molecule has 0 N–H and O–H groups in total.